The molecule has 0 heterocycles. The van der Waals surface area contributed by atoms with Gasteiger partial charge in [0.25, 0.3) is 0 Å². The molecule has 1 saturated carbocycles. The summed E-state index contributed by atoms with van der Waals surface area (Å²) in [6, 6.07) is 7.46. The fourth-order valence-corrected chi connectivity index (χ4v) is 1.86. The van der Waals surface area contributed by atoms with Crippen molar-refractivity contribution < 1.29 is 0 Å². The minimum atomic E-state index is 0.660. The van der Waals surface area contributed by atoms with E-state index in [9.17, 15) is 0 Å². The summed E-state index contributed by atoms with van der Waals surface area (Å²) in [6.45, 7) is 3.19. The Bertz CT molecular complexity index is 409. The molecule has 1 aromatic rings. The first-order chi connectivity index (χ1) is 7.20. The van der Waals surface area contributed by atoms with Gasteiger partial charge < -0.3 is 5.32 Å². The zero-order chi connectivity index (χ0) is 10.8. The van der Waals surface area contributed by atoms with Crippen LogP contribution in [0.25, 0.3) is 0 Å². The Kier molecular flexibility index (Phi) is 2.83. The fourth-order valence-electron chi connectivity index (χ4n) is 1.68. The molecule has 2 rings (SSSR count). The largest absolute Gasteiger partial charge is 0.384 e. The number of hydrogen-bond acceptors (Lipinski definition) is 2. The van der Waals surface area contributed by atoms with E-state index in [2.05, 4.69) is 18.3 Å². The molecule has 1 fully saturated rings. The van der Waals surface area contributed by atoms with E-state index < -0.39 is 0 Å². The number of anilines is 1. The van der Waals surface area contributed by atoms with Gasteiger partial charge in [-0.15, -0.1) is 0 Å². The molecule has 2 atom stereocenters. The molecule has 0 spiro atoms. The van der Waals surface area contributed by atoms with Gasteiger partial charge >= 0.3 is 0 Å². The molecule has 1 aromatic carbocycles. The first-order valence-electron chi connectivity index (χ1n) is 5.14. The quantitative estimate of drug-likeness (QED) is 0.849. The molecule has 1 N–H and O–H groups in total. The second kappa shape index (κ2) is 4.12. The van der Waals surface area contributed by atoms with Crippen molar-refractivity contribution in [3.05, 3.63) is 28.8 Å². The molecule has 0 radical (unpaired) electrons. The molecular weight excluding hydrogens is 208 g/mol. The van der Waals surface area contributed by atoms with Gasteiger partial charge in [-0.3, -0.25) is 0 Å². The minimum Gasteiger partial charge on any atom is -0.384 e. The highest BCUT2D eigenvalue weighted by molar-refractivity contribution is 6.30. The van der Waals surface area contributed by atoms with E-state index in [1.54, 1.807) is 12.1 Å². The van der Waals surface area contributed by atoms with E-state index in [0.717, 1.165) is 24.1 Å². The lowest BCUT2D eigenvalue weighted by Crippen LogP contribution is -2.05. The first-order valence-corrected chi connectivity index (χ1v) is 5.52. The number of nitrogens with one attached hydrogen (secondary N) is 1. The topological polar surface area (TPSA) is 35.8 Å². The molecule has 78 valence electrons. The predicted octanol–water partition coefficient (Wildman–Crippen LogP) is 3.28. The highest BCUT2D eigenvalue weighted by Crippen LogP contribution is 2.37. The third kappa shape index (κ3) is 2.43. The Morgan fingerprint density at radius 1 is 1.60 bits per heavy atom. The summed E-state index contributed by atoms with van der Waals surface area (Å²) in [6.07, 6.45) is 1.29. The third-order valence-corrected chi connectivity index (χ3v) is 3.17. The van der Waals surface area contributed by atoms with Gasteiger partial charge in [0.1, 0.15) is 6.07 Å². The van der Waals surface area contributed by atoms with E-state index in [0.29, 0.717) is 10.6 Å². The maximum Gasteiger partial charge on any atom is 0.101 e. The number of rotatable bonds is 3. The van der Waals surface area contributed by atoms with Gasteiger partial charge in [0.15, 0.2) is 0 Å². The van der Waals surface area contributed by atoms with E-state index >= 15 is 0 Å². The number of halogens is 1. The van der Waals surface area contributed by atoms with E-state index in [-0.39, 0.29) is 0 Å². The van der Waals surface area contributed by atoms with E-state index in [1.807, 2.05) is 6.07 Å². The summed E-state index contributed by atoms with van der Waals surface area (Å²) < 4.78 is 0. The van der Waals surface area contributed by atoms with Crippen LogP contribution in [0.5, 0.6) is 0 Å². The van der Waals surface area contributed by atoms with Crippen LogP contribution in [0.1, 0.15) is 18.9 Å². The fraction of sp³-hybridized carbons (Fsp3) is 0.417. The van der Waals surface area contributed by atoms with Gasteiger partial charge in [-0.1, -0.05) is 18.5 Å². The van der Waals surface area contributed by atoms with Crippen molar-refractivity contribution in [3.63, 3.8) is 0 Å². The zero-order valence-corrected chi connectivity index (χ0v) is 9.38. The van der Waals surface area contributed by atoms with Gasteiger partial charge in [-0.25, -0.2) is 0 Å². The summed E-state index contributed by atoms with van der Waals surface area (Å²) in [4.78, 5) is 0. The Hall–Kier alpha value is -1.20. The van der Waals surface area contributed by atoms with Crippen LogP contribution in [0.15, 0.2) is 18.2 Å². The van der Waals surface area contributed by atoms with Gasteiger partial charge in [0, 0.05) is 11.6 Å². The SMILES string of the molecule is CC1CC1CNc1cc(Cl)ccc1C#N. The monoisotopic (exact) mass is 220 g/mol. The first kappa shape index (κ1) is 10.3. The van der Waals surface area contributed by atoms with Crippen molar-refractivity contribution in [1.82, 2.24) is 0 Å². The van der Waals surface area contributed by atoms with Crippen LogP contribution in [0.4, 0.5) is 5.69 Å². The van der Waals surface area contributed by atoms with Crippen LogP contribution in [-0.2, 0) is 0 Å². The van der Waals surface area contributed by atoms with Gasteiger partial charge in [-0.2, -0.15) is 5.26 Å². The van der Waals surface area contributed by atoms with E-state index in [1.165, 1.54) is 6.42 Å². The highest BCUT2D eigenvalue weighted by atomic mass is 35.5. The van der Waals surface area contributed by atoms with Crippen LogP contribution in [-0.4, -0.2) is 6.54 Å². The molecule has 0 saturated heterocycles. The van der Waals surface area contributed by atoms with Gasteiger partial charge in [-0.05, 0) is 36.5 Å². The number of hydrogen-bond donors (Lipinski definition) is 1. The molecule has 2 nitrogen and oxygen atoms in total. The zero-order valence-electron chi connectivity index (χ0n) is 8.63. The Labute approximate surface area is 94.9 Å². The summed E-state index contributed by atoms with van der Waals surface area (Å²) in [5.74, 6) is 1.58. The van der Waals surface area contributed by atoms with Crippen molar-refractivity contribution in [2.24, 2.45) is 11.8 Å². The molecule has 1 aliphatic rings. The van der Waals surface area contributed by atoms with E-state index in [4.69, 9.17) is 16.9 Å². The lowest BCUT2D eigenvalue weighted by Gasteiger charge is -2.07. The lowest BCUT2D eigenvalue weighted by molar-refractivity contribution is 0.787. The molecule has 3 heteroatoms. The van der Waals surface area contributed by atoms with Crippen LogP contribution >= 0.6 is 11.6 Å². The Morgan fingerprint density at radius 2 is 2.33 bits per heavy atom. The lowest BCUT2D eigenvalue weighted by atomic mass is 10.2. The van der Waals surface area contributed by atoms with Crippen molar-refractivity contribution in [3.8, 4) is 6.07 Å². The third-order valence-electron chi connectivity index (χ3n) is 2.93. The highest BCUT2D eigenvalue weighted by Gasteiger charge is 2.31. The van der Waals surface area contributed by atoms with Crippen molar-refractivity contribution in [1.29, 1.82) is 5.26 Å². The van der Waals surface area contributed by atoms with Crippen LogP contribution in [0, 0.1) is 23.2 Å². The maximum absolute atomic E-state index is 8.91. The van der Waals surface area contributed by atoms with Gasteiger partial charge in [0.05, 0.1) is 11.3 Å². The molecule has 1 aliphatic carbocycles. The maximum atomic E-state index is 8.91. The molecule has 0 bridgehead atoms. The summed E-state index contributed by atoms with van der Waals surface area (Å²) in [5.41, 5.74) is 1.51. The molecule has 15 heavy (non-hydrogen) atoms. The number of nitrogens with zero attached hydrogens (tertiary/aromatic N) is 1. The second-order valence-corrected chi connectivity index (χ2v) is 4.59. The molecule has 0 aromatic heterocycles. The standard InChI is InChI=1S/C12H13ClN2/c1-8-4-10(8)7-15-12-5-11(13)3-2-9(12)6-14/h2-3,5,8,10,15H,4,7H2,1H3. The van der Waals surface area contributed by atoms with Crippen LogP contribution in [0.3, 0.4) is 0 Å². The van der Waals surface area contributed by atoms with Crippen molar-refractivity contribution in [2.75, 3.05) is 11.9 Å². The van der Waals surface area contributed by atoms with Crippen LogP contribution < -0.4 is 5.32 Å². The van der Waals surface area contributed by atoms with Gasteiger partial charge in [0.2, 0.25) is 0 Å². The molecular formula is C12H13ClN2. The number of nitriles is 1. The minimum absolute atomic E-state index is 0.660. The average Bonchev–Trinajstić information content (AvgIpc) is 2.92. The van der Waals surface area contributed by atoms with Crippen molar-refractivity contribution >= 4 is 17.3 Å². The van der Waals surface area contributed by atoms with Crippen molar-refractivity contribution in [2.45, 2.75) is 13.3 Å². The molecule has 2 unspecified atom stereocenters. The Morgan fingerprint density at radius 3 is 2.93 bits per heavy atom. The molecule has 0 amide bonds. The second-order valence-electron chi connectivity index (χ2n) is 4.16. The average molecular weight is 221 g/mol. The summed E-state index contributed by atoms with van der Waals surface area (Å²) >= 11 is 5.88. The number of benzene rings is 1. The predicted molar refractivity (Wildman–Crippen MR) is 61.9 cm³/mol. The normalized spacial score (nSPS) is 23.3. The smallest absolute Gasteiger partial charge is 0.101 e. The summed E-state index contributed by atoms with van der Waals surface area (Å²) in [7, 11) is 0. The Balaban J connectivity index is 2.06. The van der Waals surface area contributed by atoms with Crippen LogP contribution in [0.2, 0.25) is 5.02 Å². The molecule has 0 aliphatic heterocycles. The summed E-state index contributed by atoms with van der Waals surface area (Å²) in [5, 5.41) is 12.9.